The molecule has 86 valence electrons. The molecule has 4 nitrogen and oxygen atoms in total. The largest absolute Gasteiger partial charge is 0.394 e. The summed E-state index contributed by atoms with van der Waals surface area (Å²) in [5, 5.41) is 9.73. The zero-order chi connectivity index (χ0) is 10.7. The number of ether oxygens (including phenoxy) is 1. The van der Waals surface area contributed by atoms with Gasteiger partial charge in [0, 0.05) is 11.8 Å². The Bertz CT molecular complexity index is 231. The second-order valence-corrected chi connectivity index (χ2v) is 5.44. The summed E-state index contributed by atoms with van der Waals surface area (Å²) in [5.41, 5.74) is 0. The highest BCUT2D eigenvalue weighted by Crippen LogP contribution is 2.27. The molecule has 2 unspecified atom stereocenters. The van der Waals surface area contributed by atoms with Gasteiger partial charge in [-0.2, -0.15) is 11.8 Å². The lowest BCUT2D eigenvalue weighted by atomic mass is 10.2. The van der Waals surface area contributed by atoms with Gasteiger partial charge in [-0.05, 0) is 18.6 Å². The van der Waals surface area contributed by atoms with E-state index in [0.29, 0.717) is 11.9 Å². The molecule has 2 heterocycles. The van der Waals surface area contributed by atoms with Crippen molar-refractivity contribution in [1.29, 1.82) is 0 Å². The lowest BCUT2D eigenvalue weighted by molar-refractivity contribution is -0.149. The van der Waals surface area contributed by atoms with E-state index in [0.717, 1.165) is 6.54 Å². The molecular weight excluding hydrogens is 214 g/mol. The van der Waals surface area contributed by atoms with Crippen LogP contribution >= 0.6 is 11.8 Å². The van der Waals surface area contributed by atoms with E-state index >= 15 is 0 Å². The second kappa shape index (κ2) is 5.18. The highest BCUT2D eigenvalue weighted by Gasteiger charge is 2.31. The number of hydrogen-bond acceptors (Lipinski definition) is 4. The van der Waals surface area contributed by atoms with Gasteiger partial charge in [-0.15, -0.1) is 0 Å². The quantitative estimate of drug-likeness (QED) is 0.748. The van der Waals surface area contributed by atoms with Crippen LogP contribution in [0, 0.1) is 0 Å². The SMILES string of the molecule is O=C1COCC(CO)N1CC1CCCS1. The fraction of sp³-hybridized carbons (Fsp3) is 0.900. The fourth-order valence-electron chi connectivity index (χ4n) is 2.07. The predicted octanol–water partition coefficient (Wildman–Crippen LogP) is 0.102. The minimum atomic E-state index is -0.132. The third-order valence-corrected chi connectivity index (χ3v) is 4.31. The zero-order valence-electron chi connectivity index (χ0n) is 8.72. The number of rotatable bonds is 3. The molecule has 2 rings (SSSR count). The molecule has 0 aromatic rings. The topological polar surface area (TPSA) is 49.8 Å². The number of carbonyl (C=O) groups excluding carboxylic acids is 1. The second-order valence-electron chi connectivity index (χ2n) is 4.03. The Kier molecular flexibility index (Phi) is 3.88. The molecule has 2 fully saturated rings. The van der Waals surface area contributed by atoms with Crippen molar-refractivity contribution in [1.82, 2.24) is 4.90 Å². The van der Waals surface area contributed by atoms with Crippen LogP contribution in [0.25, 0.3) is 0 Å². The standard InChI is InChI=1S/C10H17NO3S/c12-5-8-6-14-7-10(13)11(8)4-9-2-1-3-15-9/h8-9,12H,1-7H2. The highest BCUT2D eigenvalue weighted by atomic mass is 32.2. The highest BCUT2D eigenvalue weighted by molar-refractivity contribution is 8.00. The summed E-state index contributed by atoms with van der Waals surface area (Å²) in [6, 6.07) is -0.132. The van der Waals surface area contributed by atoms with Gasteiger partial charge in [0.2, 0.25) is 5.91 Å². The minimum Gasteiger partial charge on any atom is -0.394 e. The normalized spacial score (nSPS) is 32.3. The molecule has 0 saturated carbocycles. The van der Waals surface area contributed by atoms with E-state index in [1.54, 1.807) is 4.90 Å². The van der Waals surface area contributed by atoms with Crippen molar-refractivity contribution < 1.29 is 14.6 Å². The summed E-state index contributed by atoms with van der Waals surface area (Å²) in [6.07, 6.45) is 2.44. The molecule has 1 N–H and O–H groups in total. The van der Waals surface area contributed by atoms with Crippen molar-refractivity contribution >= 4 is 17.7 Å². The molecule has 5 heteroatoms. The number of morpholine rings is 1. The van der Waals surface area contributed by atoms with Crippen LogP contribution in [0.15, 0.2) is 0 Å². The molecular formula is C10H17NO3S. The first kappa shape index (κ1) is 11.2. The van der Waals surface area contributed by atoms with Crippen LogP contribution in [0.3, 0.4) is 0 Å². The van der Waals surface area contributed by atoms with Gasteiger partial charge >= 0.3 is 0 Å². The van der Waals surface area contributed by atoms with Crippen molar-refractivity contribution in [2.75, 3.05) is 32.1 Å². The summed E-state index contributed by atoms with van der Waals surface area (Å²) in [7, 11) is 0. The van der Waals surface area contributed by atoms with E-state index in [9.17, 15) is 9.90 Å². The minimum absolute atomic E-state index is 0.00310. The van der Waals surface area contributed by atoms with Crippen molar-refractivity contribution in [3.05, 3.63) is 0 Å². The molecule has 0 spiro atoms. The van der Waals surface area contributed by atoms with Crippen molar-refractivity contribution in [2.45, 2.75) is 24.1 Å². The molecule has 2 aliphatic rings. The summed E-state index contributed by atoms with van der Waals surface area (Å²) >= 11 is 1.93. The van der Waals surface area contributed by atoms with Crippen molar-refractivity contribution in [3.8, 4) is 0 Å². The van der Waals surface area contributed by atoms with E-state index < -0.39 is 0 Å². The maximum Gasteiger partial charge on any atom is 0.249 e. The number of nitrogens with zero attached hydrogens (tertiary/aromatic N) is 1. The summed E-state index contributed by atoms with van der Waals surface area (Å²) in [6.45, 7) is 1.43. The van der Waals surface area contributed by atoms with E-state index in [4.69, 9.17) is 4.74 Å². The molecule has 0 aromatic carbocycles. The average Bonchev–Trinajstić information content (AvgIpc) is 2.74. The first-order valence-corrected chi connectivity index (χ1v) is 6.46. The molecule has 0 radical (unpaired) electrons. The van der Waals surface area contributed by atoms with E-state index in [1.165, 1.54) is 18.6 Å². The number of carbonyl (C=O) groups is 1. The third-order valence-electron chi connectivity index (χ3n) is 2.93. The number of thioether (sulfide) groups is 1. The Morgan fingerprint density at radius 3 is 3.13 bits per heavy atom. The third kappa shape index (κ3) is 2.65. The van der Waals surface area contributed by atoms with Gasteiger partial charge in [-0.1, -0.05) is 0 Å². The molecule has 15 heavy (non-hydrogen) atoms. The molecule has 2 aliphatic heterocycles. The van der Waals surface area contributed by atoms with Crippen LogP contribution in [-0.4, -0.2) is 59.3 Å². The van der Waals surface area contributed by atoms with E-state index in [-0.39, 0.29) is 25.2 Å². The summed E-state index contributed by atoms with van der Waals surface area (Å²) < 4.78 is 5.12. The smallest absolute Gasteiger partial charge is 0.249 e. The van der Waals surface area contributed by atoms with E-state index in [2.05, 4.69) is 0 Å². The Labute approximate surface area is 94.0 Å². The van der Waals surface area contributed by atoms with Gasteiger partial charge in [0.1, 0.15) is 6.61 Å². The van der Waals surface area contributed by atoms with E-state index in [1.807, 2.05) is 11.8 Å². The number of aliphatic hydroxyl groups is 1. The van der Waals surface area contributed by atoms with Gasteiger partial charge < -0.3 is 14.7 Å². The zero-order valence-corrected chi connectivity index (χ0v) is 9.54. The lowest BCUT2D eigenvalue weighted by Gasteiger charge is -2.35. The monoisotopic (exact) mass is 231 g/mol. The Hall–Kier alpha value is -0.260. The summed E-state index contributed by atoms with van der Waals surface area (Å²) in [5.74, 6) is 1.22. The predicted molar refractivity (Wildman–Crippen MR) is 58.9 cm³/mol. The van der Waals surface area contributed by atoms with Crippen LogP contribution in [0.1, 0.15) is 12.8 Å². The molecule has 0 aromatic heterocycles. The van der Waals surface area contributed by atoms with Crippen molar-refractivity contribution in [2.24, 2.45) is 0 Å². The fourth-order valence-corrected chi connectivity index (χ4v) is 3.33. The molecule has 2 atom stereocenters. The van der Waals surface area contributed by atoms with Gasteiger partial charge in [0.25, 0.3) is 0 Å². The first-order chi connectivity index (χ1) is 7.31. The van der Waals surface area contributed by atoms with Crippen LogP contribution < -0.4 is 0 Å². The van der Waals surface area contributed by atoms with Gasteiger partial charge in [0.05, 0.1) is 19.3 Å². The van der Waals surface area contributed by atoms with Gasteiger partial charge in [-0.3, -0.25) is 4.79 Å². The van der Waals surface area contributed by atoms with Crippen LogP contribution in [0.2, 0.25) is 0 Å². The average molecular weight is 231 g/mol. The number of amides is 1. The maximum absolute atomic E-state index is 11.6. The lowest BCUT2D eigenvalue weighted by Crippen LogP contribution is -2.53. The van der Waals surface area contributed by atoms with Crippen LogP contribution in [0.5, 0.6) is 0 Å². The molecule has 2 saturated heterocycles. The van der Waals surface area contributed by atoms with Crippen molar-refractivity contribution in [3.63, 3.8) is 0 Å². The molecule has 1 amide bonds. The Morgan fingerprint density at radius 1 is 1.60 bits per heavy atom. The van der Waals surface area contributed by atoms with Gasteiger partial charge in [0.15, 0.2) is 0 Å². The number of aliphatic hydroxyl groups excluding tert-OH is 1. The van der Waals surface area contributed by atoms with Gasteiger partial charge in [-0.25, -0.2) is 0 Å². The Balaban J connectivity index is 1.93. The Morgan fingerprint density at radius 2 is 2.47 bits per heavy atom. The maximum atomic E-state index is 11.6. The van der Waals surface area contributed by atoms with Crippen LogP contribution in [0.4, 0.5) is 0 Å². The molecule has 0 bridgehead atoms. The summed E-state index contributed by atoms with van der Waals surface area (Å²) in [4.78, 5) is 13.4. The molecule has 0 aliphatic carbocycles. The number of hydrogen-bond donors (Lipinski definition) is 1. The first-order valence-electron chi connectivity index (χ1n) is 5.41. The van der Waals surface area contributed by atoms with Crippen LogP contribution in [-0.2, 0) is 9.53 Å².